The first-order valence-electron chi connectivity index (χ1n) is 3.73. The summed E-state index contributed by atoms with van der Waals surface area (Å²) in [6.07, 6.45) is -3.01. The second kappa shape index (κ2) is 4.61. The van der Waals surface area contributed by atoms with Gasteiger partial charge in [-0.15, -0.1) is 11.6 Å². The van der Waals surface area contributed by atoms with Crippen LogP contribution in [0.2, 0.25) is 0 Å². The van der Waals surface area contributed by atoms with Gasteiger partial charge in [-0.3, -0.25) is 0 Å². The Labute approximate surface area is 83.3 Å². The van der Waals surface area contributed by atoms with Gasteiger partial charge in [0.15, 0.2) is 5.82 Å². The van der Waals surface area contributed by atoms with Crippen molar-refractivity contribution in [1.82, 2.24) is 4.98 Å². The molecule has 1 heterocycles. The number of hydrogen-bond acceptors (Lipinski definition) is 2. The number of aromatic nitrogens is 1. The lowest BCUT2D eigenvalue weighted by Gasteiger charge is -2.07. The Morgan fingerprint density at radius 3 is 2.57 bits per heavy atom. The van der Waals surface area contributed by atoms with E-state index < -0.39 is 24.5 Å². The van der Waals surface area contributed by atoms with Crippen molar-refractivity contribution in [3.05, 3.63) is 28.8 Å². The predicted molar refractivity (Wildman–Crippen MR) is 44.6 cm³/mol. The zero-order valence-corrected chi connectivity index (χ0v) is 7.73. The molecule has 1 N–H and O–H groups in total. The Bertz CT molecular complexity index is 333. The highest BCUT2D eigenvalue weighted by Gasteiger charge is 2.19. The third-order valence-electron chi connectivity index (χ3n) is 1.63. The van der Waals surface area contributed by atoms with Gasteiger partial charge in [-0.05, 0) is 6.07 Å². The normalized spacial score (nSPS) is 11.0. The SMILES string of the molecule is OCc1cc(CCl)nc(C(F)F)c1F. The quantitative estimate of drug-likeness (QED) is 0.802. The monoisotopic (exact) mass is 225 g/mol. The van der Waals surface area contributed by atoms with Crippen LogP contribution < -0.4 is 0 Å². The standard InChI is InChI=1S/C8H7ClF3NO/c9-2-5-1-4(3-14)6(10)7(13-5)8(11)12/h1,8,14H,2-3H2. The van der Waals surface area contributed by atoms with E-state index in [1.165, 1.54) is 0 Å². The highest BCUT2D eigenvalue weighted by molar-refractivity contribution is 6.16. The number of hydrogen-bond donors (Lipinski definition) is 1. The lowest BCUT2D eigenvalue weighted by atomic mass is 10.2. The molecular formula is C8H7ClF3NO. The van der Waals surface area contributed by atoms with Gasteiger partial charge in [-0.1, -0.05) is 0 Å². The van der Waals surface area contributed by atoms with Gasteiger partial charge in [0.2, 0.25) is 0 Å². The van der Waals surface area contributed by atoms with Crippen LogP contribution in [0.15, 0.2) is 6.07 Å². The molecule has 0 atom stereocenters. The maximum atomic E-state index is 13.1. The van der Waals surface area contributed by atoms with Crippen LogP contribution in [0.5, 0.6) is 0 Å². The highest BCUT2D eigenvalue weighted by Crippen LogP contribution is 2.23. The second-order valence-corrected chi connectivity index (χ2v) is 2.83. The van der Waals surface area contributed by atoms with Gasteiger partial charge < -0.3 is 5.11 Å². The Hall–Kier alpha value is -0.810. The van der Waals surface area contributed by atoms with E-state index in [9.17, 15) is 13.2 Å². The van der Waals surface area contributed by atoms with Crippen molar-refractivity contribution in [3.8, 4) is 0 Å². The second-order valence-electron chi connectivity index (χ2n) is 2.56. The van der Waals surface area contributed by atoms with Crippen LogP contribution >= 0.6 is 11.6 Å². The number of alkyl halides is 3. The zero-order chi connectivity index (χ0) is 10.7. The molecule has 78 valence electrons. The molecule has 0 bridgehead atoms. The maximum Gasteiger partial charge on any atom is 0.283 e. The van der Waals surface area contributed by atoms with E-state index in [-0.39, 0.29) is 17.1 Å². The zero-order valence-electron chi connectivity index (χ0n) is 6.98. The molecule has 0 fully saturated rings. The van der Waals surface area contributed by atoms with Gasteiger partial charge >= 0.3 is 0 Å². The van der Waals surface area contributed by atoms with E-state index in [1.807, 2.05) is 0 Å². The molecule has 0 unspecified atom stereocenters. The summed E-state index contributed by atoms with van der Waals surface area (Å²) in [5.74, 6) is -1.27. The molecule has 0 spiro atoms. The molecule has 6 heteroatoms. The van der Waals surface area contributed by atoms with Crippen LogP contribution in [-0.4, -0.2) is 10.1 Å². The Kier molecular flexibility index (Phi) is 3.71. The van der Waals surface area contributed by atoms with Crippen LogP contribution in [-0.2, 0) is 12.5 Å². The first-order chi connectivity index (χ1) is 6.60. The van der Waals surface area contributed by atoms with Crippen LogP contribution in [0.3, 0.4) is 0 Å². The fraction of sp³-hybridized carbons (Fsp3) is 0.375. The summed E-state index contributed by atoms with van der Waals surface area (Å²) >= 11 is 5.37. The van der Waals surface area contributed by atoms with Gasteiger partial charge in [-0.25, -0.2) is 18.2 Å². The third-order valence-corrected chi connectivity index (χ3v) is 1.90. The molecule has 0 aliphatic heterocycles. The molecule has 1 aromatic heterocycles. The number of rotatable bonds is 3. The van der Waals surface area contributed by atoms with Gasteiger partial charge in [0.25, 0.3) is 6.43 Å². The van der Waals surface area contributed by atoms with E-state index in [0.29, 0.717) is 0 Å². The third kappa shape index (κ3) is 2.16. The van der Waals surface area contributed by atoms with Gasteiger partial charge in [0.1, 0.15) is 5.69 Å². The maximum absolute atomic E-state index is 13.1. The molecule has 2 nitrogen and oxygen atoms in total. The molecule has 0 saturated carbocycles. The summed E-state index contributed by atoms with van der Waals surface area (Å²) in [6.45, 7) is -0.655. The van der Waals surface area contributed by atoms with E-state index in [1.54, 1.807) is 0 Å². The molecule has 0 aromatic carbocycles. The van der Waals surface area contributed by atoms with Crippen LogP contribution in [0.1, 0.15) is 23.4 Å². The van der Waals surface area contributed by atoms with Crippen LogP contribution in [0.25, 0.3) is 0 Å². The number of nitrogens with zero attached hydrogens (tertiary/aromatic N) is 1. The summed E-state index contributed by atoms with van der Waals surface area (Å²) < 4.78 is 37.6. The van der Waals surface area contributed by atoms with Crippen molar-refractivity contribution in [2.24, 2.45) is 0 Å². The number of pyridine rings is 1. The first-order valence-corrected chi connectivity index (χ1v) is 4.26. The topological polar surface area (TPSA) is 33.1 Å². The molecule has 0 saturated heterocycles. The minimum Gasteiger partial charge on any atom is -0.392 e. The summed E-state index contributed by atoms with van der Waals surface area (Å²) in [6, 6.07) is 1.16. The van der Waals surface area contributed by atoms with Crippen molar-refractivity contribution >= 4 is 11.6 Å². The van der Waals surface area contributed by atoms with Gasteiger partial charge in [0, 0.05) is 5.56 Å². The summed E-state index contributed by atoms with van der Waals surface area (Å²) in [7, 11) is 0. The first kappa shape index (κ1) is 11.3. The van der Waals surface area contributed by atoms with Crippen molar-refractivity contribution < 1.29 is 18.3 Å². The Morgan fingerprint density at radius 2 is 2.14 bits per heavy atom. The van der Waals surface area contributed by atoms with Crippen molar-refractivity contribution in [3.63, 3.8) is 0 Å². The van der Waals surface area contributed by atoms with Crippen molar-refractivity contribution in [2.75, 3.05) is 0 Å². The Balaban J connectivity index is 3.27. The molecule has 14 heavy (non-hydrogen) atoms. The Morgan fingerprint density at radius 1 is 1.50 bits per heavy atom. The molecule has 0 aliphatic rings. The molecule has 1 rings (SSSR count). The molecular weight excluding hydrogens is 219 g/mol. The fourth-order valence-electron chi connectivity index (χ4n) is 0.993. The van der Waals surface area contributed by atoms with Crippen molar-refractivity contribution in [2.45, 2.75) is 18.9 Å². The van der Waals surface area contributed by atoms with E-state index in [0.717, 1.165) is 6.07 Å². The van der Waals surface area contributed by atoms with E-state index in [4.69, 9.17) is 16.7 Å². The molecule has 0 aliphatic carbocycles. The lowest BCUT2D eigenvalue weighted by Crippen LogP contribution is -2.04. The number of aliphatic hydroxyl groups is 1. The summed E-state index contributed by atoms with van der Waals surface area (Å²) in [5, 5.41) is 8.69. The number of halogens is 4. The molecule has 0 amide bonds. The largest absolute Gasteiger partial charge is 0.392 e. The van der Waals surface area contributed by atoms with E-state index >= 15 is 0 Å². The smallest absolute Gasteiger partial charge is 0.283 e. The average molecular weight is 226 g/mol. The molecule has 0 radical (unpaired) electrons. The van der Waals surface area contributed by atoms with Gasteiger partial charge in [0.05, 0.1) is 18.2 Å². The minimum absolute atomic E-state index is 0.104. The summed E-state index contributed by atoms with van der Waals surface area (Å²) in [5.41, 5.74) is -1.06. The minimum atomic E-state index is -3.01. The summed E-state index contributed by atoms with van der Waals surface area (Å²) in [4.78, 5) is 3.33. The van der Waals surface area contributed by atoms with Crippen molar-refractivity contribution in [1.29, 1.82) is 0 Å². The highest BCUT2D eigenvalue weighted by atomic mass is 35.5. The average Bonchev–Trinajstić information content (AvgIpc) is 2.17. The van der Waals surface area contributed by atoms with Crippen LogP contribution in [0, 0.1) is 5.82 Å². The predicted octanol–water partition coefficient (Wildman–Crippen LogP) is 2.39. The number of aliphatic hydroxyl groups excluding tert-OH is 1. The lowest BCUT2D eigenvalue weighted by molar-refractivity contribution is 0.139. The molecule has 1 aromatic rings. The fourth-order valence-corrected chi connectivity index (χ4v) is 1.13. The van der Waals surface area contributed by atoms with E-state index in [2.05, 4.69) is 4.98 Å². The van der Waals surface area contributed by atoms with Crippen LogP contribution in [0.4, 0.5) is 13.2 Å². The van der Waals surface area contributed by atoms with Gasteiger partial charge in [-0.2, -0.15) is 0 Å².